The Hall–Kier alpha value is -1.20. The van der Waals surface area contributed by atoms with Gasteiger partial charge in [-0.15, -0.1) is 0 Å². The first kappa shape index (κ1) is 8.89. The minimum Gasteiger partial charge on any atom is -0.478 e. The van der Waals surface area contributed by atoms with Crippen LogP contribution >= 0.6 is 11.9 Å². The molecule has 0 bridgehead atoms. The average Bonchev–Trinajstić information content (AvgIpc) is 2.04. The lowest BCUT2D eigenvalue weighted by molar-refractivity contribution is 0.0697. The van der Waals surface area contributed by atoms with Gasteiger partial charge in [-0.25, -0.2) is 4.79 Å². The van der Waals surface area contributed by atoms with Crippen LogP contribution in [0.4, 0.5) is 5.69 Å². The van der Waals surface area contributed by atoms with Crippen LogP contribution in [0.15, 0.2) is 23.1 Å². The summed E-state index contributed by atoms with van der Waals surface area (Å²) >= 11 is 0.998. The van der Waals surface area contributed by atoms with Gasteiger partial charge >= 0.3 is 5.97 Å². The highest BCUT2D eigenvalue weighted by molar-refractivity contribution is 7.97. The Labute approximate surface area is 73.7 Å². The summed E-state index contributed by atoms with van der Waals surface area (Å²) in [7, 11) is 0. The minimum atomic E-state index is -0.990. The van der Waals surface area contributed by atoms with Crippen LogP contribution in [0.2, 0.25) is 0 Å². The second kappa shape index (κ2) is 3.46. The SMILES string of the molecule is NSc1ccc(C(=O)O)cc1N. The van der Waals surface area contributed by atoms with E-state index < -0.39 is 5.97 Å². The molecule has 0 unspecified atom stereocenters. The van der Waals surface area contributed by atoms with E-state index in [0.29, 0.717) is 10.6 Å². The van der Waals surface area contributed by atoms with Gasteiger partial charge in [-0.05, 0) is 30.1 Å². The molecule has 0 heterocycles. The minimum absolute atomic E-state index is 0.172. The summed E-state index contributed by atoms with van der Waals surface area (Å²) in [6, 6.07) is 4.44. The molecule has 1 rings (SSSR count). The second-order valence-electron chi connectivity index (χ2n) is 2.18. The first-order valence-corrected chi connectivity index (χ1v) is 4.02. The van der Waals surface area contributed by atoms with Crippen molar-refractivity contribution in [1.29, 1.82) is 0 Å². The zero-order chi connectivity index (χ0) is 9.14. The number of carboxylic acid groups (broad SMARTS) is 1. The summed E-state index contributed by atoms with van der Waals surface area (Å²) in [6.07, 6.45) is 0. The fourth-order valence-electron chi connectivity index (χ4n) is 0.789. The van der Waals surface area contributed by atoms with Crippen molar-refractivity contribution in [2.75, 3.05) is 5.73 Å². The van der Waals surface area contributed by atoms with Crippen molar-refractivity contribution in [3.05, 3.63) is 23.8 Å². The summed E-state index contributed by atoms with van der Waals surface area (Å²) in [5.74, 6) is -0.990. The van der Waals surface area contributed by atoms with Gasteiger partial charge in [0.15, 0.2) is 0 Å². The van der Waals surface area contributed by atoms with E-state index in [1.165, 1.54) is 12.1 Å². The average molecular weight is 184 g/mol. The third kappa shape index (κ3) is 1.69. The van der Waals surface area contributed by atoms with Gasteiger partial charge in [0, 0.05) is 10.6 Å². The molecule has 0 aliphatic carbocycles. The number of nitrogens with two attached hydrogens (primary N) is 2. The predicted molar refractivity (Wildman–Crippen MR) is 47.9 cm³/mol. The van der Waals surface area contributed by atoms with Gasteiger partial charge in [-0.2, -0.15) is 0 Å². The number of nitrogen functional groups attached to an aromatic ring is 1. The first-order chi connectivity index (χ1) is 5.65. The van der Waals surface area contributed by atoms with Crippen molar-refractivity contribution in [2.24, 2.45) is 5.14 Å². The van der Waals surface area contributed by atoms with E-state index in [4.69, 9.17) is 16.0 Å². The molecule has 0 atom stereocenters. The number of hydrogen-bond donors (Lipinski definition) is 3. The highest BCUT2D eigenvalue weighted by Crippen LogP contribution is 2.21. The number of aromatic carboxylic acids is 1. The molecule has 1 aromatic carbocycles. The lowest BCUT2D eigenvalue weighted by Crippen LogP contribution is -1.99. The molecule has 0 saturated carbocycles. The van der Waals surface area contributed by atoms with Crippen LogP contribution in [-0.4, -0.2) is 11.1 Å². The lowest BCUT2D eigenvalue weighted by Gasteiger charge is -2.01. The maximum Gasteiger partial charge on any atom is 0.335 e. The van der Waals surface area contributed by atoms with Gasteiger partial charge < -0.3 is 10.8 Å². The molecule has 4 nitrogen and oxygen atoms in total. The smallest absolute Gasteiger partial charge is 0.335 e. The van der Waals surface area contributed by atoms with E-state index in [1.807, 2.05) is 0 Å². The van der Waals surface area contributed by atoms with Crippen molar-refractivity contribution in [1.82, 2.24) is 0 Å². The van der Waals surface area contributed by atoms with E-state index in [0.717, 1.165) is 11.9 Å². The zero-order valence-corrected chi connectivity index (χ0v) is 6.97. The molecule has 12 heavy (non-hydrogen) atoms. The van der Waals surface area contributed by atoms with Crippen LogP contribution in [0.25, 0.3) is 0 Å². The zero-order valence-electron chi connectivity index (χ0n) is 6.15. The van der Waals surface area contributed by atoms with Crippen LogP contribution in [0.5, 0.6) is 0 Å². The number of carbonyl (C=O) groups is 1. The number of anilines is 1. The quantitative estimate of drug-likeness (QED) is 0.470. The molecule has 0 fully saturated rings. The van der Waals surface area contributed by atoms with E-state index in [-0.39, 0.29) is 5.56 Å². The van der Waals surface area contributed by atoms with Crippen molar-refractivity contribution >= 4 is 23.6 Å². The van der Waals surface area contributed by atoms with Crippen LogP contribution in [0.3, 0.4) is 0 Å². The van der Waals surface area contributed by atoms with Crippen molar-refractivity contribution < 1.29 is 9.90 Å². The Morgan fingerprint density at radius 2 is 2.17 bits per heavy atom. The van der Waals surface area contributed by atoms with Gasteiger partial charge in [0.2, 0.25) is 0 Å². The van der Waals surface area contributed by atoms with Crippen LogP contribution in [0.1, 0.15) is 10.4 Å². The van der Waals surface area contributed by atoms with E-state index in [1.54, 1.807) is 6.07 Å². The Morgan fingerprint density at radius 1 is 1.50 bits per heavy atom. The summed E-state index contributed by atoms with van der Waals surface area (Å²) in [6.45, 7) is 0. The van der Waals surface area contributed by atoms with Crippen LogP contribution in [-0.2, 0) is 0 Å². The molecule has 0 saturated heterocycles. The van der Waals surface area contributed by atoms with Gasteiger partial charge in [0.1, 0.15) is 0 Å². The molecule has 0 spiro atoms. The number of hydrogen-bond acceptors (Lipinski definition) is 4. The molecule has 5 N–H and O–H groups in total. The summed E-state index contributed by atoms with van der Waals surface area (Å²) < 4.78 is 0. The molecule has 0 radical (unpaired) electrons. The molecular formula is C7H8N2O2S. The van der Waals surface area contributed by atoms with Crippen molar-refractivity contribution in [2.45, 2.75) is 4.90 Å². The maximum absolute atomic E-state index is 10.5. The molecule has 5 heteroatoms. The molecule has 0 amide bonds. The summed E-state index contributed by atoms with van der Waals surface area (Å²) in [4.78, 5) is 11.1. The largest absolute Gasteiger partial charge is 0.478 e. The van der Waals surface area contributed by atoms with E-state index in [9.17, 15) is 4.79 Å². The highest BCUT2D eigenvalue weighted by Gasteiger charge is 2.04. The van der Waals surface area contributed by atoms with Crippen LogP contribution in [0, 0.1) is 0 Å². The molecule has 64 valence electrons. The maximum atomic E-state index is 10.5. The van der Waals surface area contributed by atoms with E-state index >= 15 is 0 Å². The standard InChI is InChI=1S/C7H8N2O2S/c8-5-3-4(7(10)11)1-2-6(5)12-9/h1-3H,8-9H2,(H,10,11). The monoisotopic (exact) mass is 184 g/mol. The molecular weight excluding hydrogens is 176 g/mol. The van der Waals surface area contributed by atoms with Crippen molar-refractivity contribution in [3.8, 4) is 0 Å². The van der Waals surface area contributed by atoms with Crippen molar-refractivity contribution in [3.63, 3.8) is 0 Å². The molecule has 1 aromatic rings. The van der Waals surface area contributed by atoms with Gasteiger partial charge in [-0.1, -0.05) is 0 Å². The number of carboxylic acids is 1. The topological polar surface area (TPSA) is 89.3 Å². The number of benzene rings is 1. The summed E-state index contributed by atoms with van der Waals surface area (Å²) in [5.41, 5.74) is 6.07. The third-order valence-electron chi connectivity index (χ3n) is 1.38. The Morgan fingerprint density at radius 3 is 2.58 bits per heavy atom. The number of rotatable bonds is 2. The first-order valence-electron chi connectivity index (χ1n) is 3.14. The van der Waals surface area contributed by atoms with Gasteiger partial charge in [0.05, 0.1) is 5.56 Å². The fourth-order valence-corrected chi connectivity index (χ4v) is 1.13. The Balaban J connectivity index is 3.10. The normalized spacial score (nSPS) is 9.75. The Kier molecular flexibility index (Phi) is 2.57. The Bertz CT molecular complexity index is 314. The summed E-state index contributed by atoms with van der Waals surface area (Å²) in [5, 5.41) is 13.8. The van der Waals surface area contributed by atoms with E-state index in [2.05, 4.69) is 0 Å². The molecule has 0 aliphatic heterocycles. The predicted octanol–water partition coefficient (Wildman–Crippen LogP) is 0.933. The fraction of sp³-hybridized carbons (Fsp3) is 0. The van der Waals surface area contributed by atoms with Gasteiger partial charge in [0.25, 0.3) is 0 Å². The molecule has 0 aromatic heterocycles. The molecule has 0 aliphatic rings. The van der Waals surface area contributed by atoms with Gasteiger partial charge in [-0.3, -0.25) is 5.14 Å². The highest BCUT2D eigenvalue weighted by atomic mass is 32.2. The third-order valence-corrected chi connectivity index (χ3v) is 2.01. The van der Waals surface area contributed by atoms with Crippen LogP contribution < -0.4 is 10.9 Å². The lowest BCUT2D eigenvalue weighted by atomic mass is 10.2. The second-order valence-corrected chi connectivity index (χ2v) is 2.85.